The third-order valence-corrected chi connectivity index (χ3v) is 4.00. The van der Waals surface area contributed by atoms with Gasteiger partial charge in [-0.3, -0.25) is 4.79 Å². The number of thiophene rings is 1. The van der Waals surface area contributed by atoms with Crippen LogP contribution in [0.1, 0.15) is 9.67 Å². The van der Waals surface area contributed by atoms with Gasteiger partial charge in [0.1, 0.15) is 9.54 Å². The van der Waals surface area contributed by atoms with Crippen molar-refractivity contribution in [3.05, 3.63) is 14.7 Å². The smallest absolute Gasteiger partial charge is 0.264 e. The van der Waals surface area contributed by atoms with Gasteiger partial charge in [-0.1, -0.05) is 0 Å². The highest BCUT2D eigenvalue weighted by Gasteiger charge is 2.30. The number of halogens is 1. The van der Waals surface area contributed by atoms with Gasteiger partial charge in [-0.15, -0.1) is 11.3 Å². The summed E-state index contributed by atoms with van der Waals surface area (Å²) < 4.78 is 5.89. The number of aliphatic hydroxyl groups is 1. The van der Waals surface area contributed by atoms with Crippen LogP contribution in [0.25, 0.3) is 0 Å². The Kier molecular flexibility index (Phi) is 2.99. The van der Waals surface area contributed by atoms with Crippen LogP contribution in [0.5, 0.6) is 5.75 Å². The maximum atomic E-state index is 11.8. The molecule has 82 valence electrons. The van der Waals surface area contributed by atoms with Gasteiger partial charge in [-0.05, 0) is 15.9 Å². The van der Waals surface area contributed by atoms with Crippen molar-refractivity contribution >= 4 is 33.2 Å². The minimum atomic E-state index is -0.362. The van der Waals surface area contributed by atoms with E-state index >= 15 is 0 Å². The normalized spacial score (nSPS) is 16.3. The molecule has 0 aliphatic carbocycles. The standard InChI is InChI=1S/C9H10BrNO3S/c1-14-6-2-7(15-8(6)10)9(13)11-3-5(12)4-11/h2,5,12H,3-4H2,1H3. The fraction of sp³-hybridized carbons (Fsp3) is 0.444. The topological polar surface area (TPSA) is 49.8 Å². The number of nitrogens with zero attached hydrogens (tertiary/aromatic N) is 1. The summed E-state index contributed by atoms with van der Waals surface area (Å²) in [6.45, 7) is 0.854. The first-order valence-corrected chi connectivity index (χ1v) is 6.03. The highest BCUT2D eigenvalue weighted by molar-refractivity contribution is 9.11. The number of amides is 1. The molecule has 6 heteroatoms. The molecule has 1 aliphatic rings. The summed E-state index contributed by atoms with van der Waals surface area (Å²) in [5.74, 6) is 0.624. The van der Waals surface area contributed by atoms with E-state index in [2.05, 4.69) is 15.9 Å². The minimum absolute atomic E-state index is 0.0469. The number of methoxy groups -OCH3 is 1. The van der Waals surface area contributed by atoms with Gasteiger partial charge in [0.15, 0.2) is 0 Å². The first-order valence-electron chi connectivity index (χ1n) is 4.42. The van der Waals surface area contributed by atoms with E-state index in [1.54, 1.807) is 18.1 Å². The molecule has 1 amide bonds. The van der Waals surface area contributed by atoms with E-state index in [4.69, 9.17) is 9.84 Å². The lowest BCUT2D eigenvalue weighted by atomic mass is 10.1. The molecule has 2 heterocycles. The average molecular weight is 292 g/mol. The fourth-order valence-electron chi connectivity index (χ4n) is 1.37. The number of likely N-dealkylation sites (tertiary alicyclic amines) is 1. The molecule has 0 unspecified atom stereocenters. The van der Waals surface area contributed by atoms with Crippen LogP contribution in [-0.2, 0) is 0 Å². The molecule has 1 aromatic heterocycles. The molecule has 0 spiro atoms. The van der Waals surface area contributed by atoms with Crippen LogP contribution in [0.15, 0.2) is 9.85 Å². The molecule has 2 rings (SSSR count). The number of hydrogen-bond donors (Lipinski definition) is 1. The minimum Gasteiger partial charge on any atom is -0.495 e. The SMILES string of the molecule is COc1cc(C(=O)N2CC(O)C2)sc1Br. The predicted octanol–water partition coefficient (Wildman–Crippen LogP) is 1.34. The van der Waals surface area contributed by atoms with Crippen LogP contribution in [0.4, 0.5) is 0 Å². The van der Waals surface area contributed by atoms with E-state index in [1.807, 2.05) is 0 Å². The zero-order valence-electron chi connectivity index (χ0n) is 8.07. The number of carbonyl (C=O) groups excluding carboxylic acids is 1. The summed E-state index contributed by atoms with van der Waals surface area (Å²) in [6, 6.07) is 1.71. The summed E-state index contributed by atoms with van der Waals surface area (Å²) in [5.41, 5.74) is 0. The quantitative estimate of drug-likeness (QED) is 0.895. The third-order valence-electron chi connectivity index (χ3n) is 2.24. The molecule has 1 aliphatic heterocycles. The predicted molar refractivity (Wildman–Crippen MR) is 60.5 cm³/mol. The van der Waals surface area contributed by atoms with Crippen molar-refractivity contribution in [2.75, 3.05) is 20.2 Å². The van der Waals surface area contributed by atoms with Gasteiger partial charge in [0, 0.05) is 19.2 Å². The number of hydrogen-bond acceptors (Lipinski definition) is 4. The second kappa shape index (κ2) is 4.11. The van der Waals surface area contributed by atoms with Gasteiger partial charge in [0.25, 0.3) is 5.91 Å². The Morgan fingerprint density at radius 1 is 1.73 bits per heavy atom. The van der Waals surface area contributed by atoms with Crippen LogP contribution in [0.3, 0.4) is 0 Å². The molecular weight excluding hydrogens is 282 g/mol. The number of ether oxygens (including phenoxy) is 1. The van der Waals surface area contributed by atoms with E-state index in [0.29, 0.717) is 23.7 Å². The summed E-state index contributed by atoms with van der Waals surface area (Å²) in [6.07, 6.45) is -0.362. The van der Waals surface area contributed by atoms with E-state index in [0.717, 1.165) is 3.79 Å². The number of aliphatic hydroxyl groups excluding tert-OH is 1. The Morgan fingerprint density at radius 2 is 2.40 bits per heavy atom. The first-order chi connectivity index (χ1) is 7.11. The molecule has 1 fully saturated rings. The highest BCUT2D eigenvalue weighted by Crippen LogP contribution is 2.35. The van der Waals surface area contributed by atoms with Crippen molar-refractivity contribution in [3.8, 4) is 5.75 Å². The van der Waals surface area contributed by atoms with Gasteiger partial charge >= 0.3 is 0 Å². The van der Waals surface area contributed by atoms with Gasteiger partial charge in [0.2, 0.25) is 0 Å². The van der Waals surface area contributed by atoms with Crippen molar-refractivity contribution in [3.63, 3.8) is 0 Å². The molecule has 0 radical (unpaired) electrons. The van der Waals surface area contributed by atoms with Crippen LogP contribution in [0, 0.1) is 0 Å². The van der Waals surface area contributed by atoms with Crippen LogP contribution in [0.2, 0.25) is 0 Å². The fourth-order valence-corrected chi connectivity index (χ4v) is 2.99. The van der Waals surface area contributed by atoms with Crippen LogP contribution in [-0.4, -0.2) is 42.2 Å². The third kappa shape index (κ3) is 2.02. The Balaban J connectivity index is 2.12. The lowest BCUT2D eigenvalue weighted by Crippen LogP contribution is -2.53. The second-order valence-corrected chi connectivity index (χ2v) is 5.69. The summed E-state index contributed by atoms with van der Waals surface area (Å²) >= 11 is 4.66. The highest BCUT2D eigenvalue weighted by atomic mass is 79.9. The average Bonchev–Trinajstić information content (AvgIpc) is 2.54. The van der Waals surface area contributed by atoms with E-state index in [-0.39, 0.29) is 12.0 Å². The van der Waals surface area contributed by atoms with E-state index in [9.17, 15) is 4.79 Å². The maximum Gasteiger partial charge on any atom is 0.264 e. The largest absolute Gasteiger partial charge is 0.495 e. The molecule has 4 nitrogen and oxygen atoms in total. The van der Waals surface area contributed by atoms with Crippen LogP contribution >= 0.6 is 27.3 Å². The summed E-state index contributed by atoms with van der Waals surface area (Å²) in [4.78, 5) is 14.0. The molecule has 1 saturated heterocycles. The molecule has 1 N–H and O–H groups in total. The van der Waals surface area contributed by atoms with E-state index in [1.165, 1.54) is 11.3 Å². The van der Waals surface area contributed by atoms with Crippen LogP contribution < -0.4 is 4.74 Å². The van der Waals surface area contributed by atoms with Gasteiger partial charge in [0.05, 0.1) is 18.1 Å². The lowest BCUT2D eigenvalue weighted by Gasteiger charge is -2.35. The molecule has 0 atom stereocenters. The summed E-state index contributed by atoms with van der Waals surface area (Å²) in [5, 5.41) is 9.10. The molecular formula is C9H10BrNO3S. The maximum absolute atomic E-state index is 11.8. The Bertz CT molecular complexity index is 387. The molecule has 0 saturated carbocycles. The van der Waals surface area contributed by atoms with Crippen molar-refractivity contribution in [1.82, 2.24) is 4.90 Å². The Labute approximate surface area is 99.6 Å². The molecule has 15 heavy (non-hydrogen) atoms. The Morgan fingerprint density at radius 3 is 2.87 bits per heavy atom. The molecule has 1 aromatic rings. The van der Waals surface area contributed by atoms with Crippen molar-refractivity contribution in [2.45, 2.75) is 6.10 Å². The van der Waals surface area contributed by atoms with Gasteiger partial charge in [-0.25, -0.2) is 0 Å². The van der Waals surface area contributed by atoms with Gasteiger partial charge in [-0.2, -0.15) is 0 Å². The second-order valence-electron chi connectivity index (χ2n) is 3.32. The van der Waals surface area contributed by atoms with E-state index < -0.39 is 0 Å². The zero-order chi connectivity index (χ0) is 11.0. The monoisotopic (exact) mass is 291 g/mol. The first kappa shape index (κ1) is 10.9. The summed E-state index contributed by atoms with van der Waals surface area (Å²) in [7, 11) is 1.56. The van der Waals surface area contributed by atoms with Gasteiger partial charge < -0.3 is 14.7 Å². The molecule has 0 bridgehead atoms. The number of carbonyl (C=O) groups is 1. The lowest BCUT2D eigenvalue weighted by molar-refractivity contribution is 0.00622. The zero-order valence-corrected chi connectivity index (χ0v) is 10.5. The molecule has 0 aromatic carbocycles. The Hall–Kier alpha value is -0.590. The van der Waals surface area contributed by atoms with Crippen molar-refractivity contribution < 1.29 is 14.6 Å². The van der Waals surface area contributed by atoms with Crippen molar-refractivity contribution in [2.24, 2.45) is 0 Å². The van der Waals surface area contributed by atoms with Crippen molar-refractivity contribution in [1.29, 1.82) is 0 Å². The number of β-amino-alcohol motifs (C(OH)–C–C–N with tert-alkyl or cyclic N) is 1. The number of rotatable bonds is 2.